The number of para-hydroxylation sites is 1. The van der Waals surface area contributed by atoms with Crippen molar-refractivity contribution in [2.75, 3.05) is 11.5 Å². The zero-order valence-electron chi connectivity index (χ0n) is 7.93. The normalized spacial score (nSPS) is 7.79. The molecule has 1 aromatic rings. The highest BCUT2D eigenvalue weighted by atomic mass is 35.5. The monoisotopic (exact) mass is 275 g/mol. The number of halogens is 3. The summed E-state index contributed by atoms with van der Waals surface area (Å²) in [7, 11) is 0. The van der Waals surface area contributed by atoms with Gasteiger partial charge in [0.1, 0.15) is 0 Å². The summed E-state index contributed by atoms with van der Waals surface area (Å²) < 4.78 is 0. The third-order valence-corrected chi connectivity index (χ3v) is 2.68. The standard InChI is InChI=1S/C9H13NS.3ClH/c1-2-7-11-9-6-4-3-5-8(9)10;;;/h3-6H,2,7,10H2,1H3;3*1H. The fourth-order valence-corrected chi connectivity index (χ4v) is 1.66. The molecule has 0 aliphatic carbocycles. The van der Waals surface area contributed by atoms with Crippen molar-refractivity contribution in [3.63, 3.8) is 0 Å². The van der Waals surface area contributed by atoms with Crippen LogP contribution in [-0.2, 0) is 0 Å². The summed E-state index contributed by atoms with van der Waals surface area (Å²) in [6.45, 7) is 2.17. The van der Waals surface area contributed by atoms with Gasteiger partial charge < -0.3 is 5.73 Å². The highest BCUT2D eigenvalue weighted by molar-refractivity contribution is 7.99. The number of rotatable bonds is 3. The van der Waals surface area contributed by atoms with Crippen molar-refractivity contribution >= 4 is 54.7 Å². The molecule has 0 saturated heterocycles. The van der Waals surface area contributed by atoms with Crippen LogP contribution in [0.5, 0.6) is 0 Å². The predicted molar refractivity (Wildman–Crippen MR) is 73.6 cm³/mol. The van der Waals surface area contributed by atoms with Gasteiger partial charge in [0.25, 0.3) is 0 Å². The third kappa shape index (κ3) is 6.66. The van der Waals surface area contributed by atoms with Crippen molar-refractivity contribution in [2.24, 2.45) is 0 Å². The molecular formula is C9H16Cl3NS. The Labute approximate surface area is 108 Å². The molecule has 0 saturated carbocycles. The molecule has 0 aromatic heterocycles. The Morgan fingerprint density at radius 1 is 1.14 bits per heavy atom. The van der Waals surface area contributed by atoms with E-state index in [9.17, 15) is 0 Å². The van der Waals surface area contributed by atoms with E-state index in [4.69, 9.17) is 5.73 Å². The van der Waals surface area contributed by atoms with Crippen molar-refractivity contribution < 1.29 is 0 Å². The lowest BCUT2D eigenvalue weighted by Crippen LogP contribution is -1.87. The van der Waals surface area contributed by atoms with Gasteiger partial charge in [0.05, 0.1) is 0 Å². The number of nitrogens with two attached hydrogens (primary N) is 1. The van der Waals surface area contributed by atoms with Crippen molar-refractivity contribution in [1.82, 2.24) is 0 Å². The zero-order chi connectivity index (χ0) is 8.10. The summed E-state index contributed by atoms with van der Waals surface area (Å²) in [5.41, 5.74) is 6.63. The van der Waals surface area contributed by atoms with E-state index in [0.717, 1.165) is 11.4 Å². The Morgan fingerprint density at radius 2 is 1.71 bits per heavy atom. The minimum absolute atomic E-state index is 0. The topological polar surface area (TPSA) is 26.0 Å². The van der Waals surface area contributed by atoms with Crippen LogP contribution in [0.1, 0.15) is 13.3 Å². The van der Waals surface area contributed by atoms with Gasteiger partial charge in [-0.2, -0.15) is 0 Å². The Hall–Kier alpha value is 0.240. The van der Waals surface area contributed by atoms with E-state index in [1.807, 2.05) is 30.0 Å². The molecule has 0 heterocycles. The van der Waals surface area contributed by atoms with Crippen molar-refractivity contribution in [1.29, 1.82) is 0 Å². The van der Waals surface area contributed by atoms with Gasteiger partial charge in [0.2, 0.25) is 0 Å². The van der Waals surface area contributed by atoms with Gasteiger partial charge in [-0.05, 0) is 24.3 Å². The number of anilines is 1. The Morgan fingerprint density at radius 3 is 2.21 bits per heavy atom. The van der Waals surface area contributed by atoms with Crippen LogP contribution >= 0.6 is 49.0 Å². The SMILES string of the molecule is CCCSc1ccccc1N.Cl.Cl.Cl. The molecule has 1 aromatic carbocycles. The van der Waals surface area contributed by atoms with Crippen LogP contribution in [0.25, 0.3) is 0 Å². The third-order valence-electron chi connectivity index (χ3n) is 1.38. The smallest absolute Gasteiger partial charge is 0.0452 e. The summed E-state index contributed by atoms with van der Waals surface area (Å²) in [6.07, 6.45) is 1.19. The molecule has 0 atom stereocenters. The predicted octanol–water partition coefficient (Wildman–Crippen LogP) is 4.04. The van der Waals surface area contributed by atoms with E-state index in [2.05, 4.69) is 13.0 Å². The van der Waals surface area contributed by atoms with Gasteiger partial charge in [-0.25, -0.2) is 0 Å². The van der Waals surface area contributed by atoms with E-state index in [1.165, 1.54) is 11.3 Å². The maximum absolute atomic E-state index is 5.74. The van der Waals surface area contributed by atoms with Gasteiger partial charge in [0.15, 0.2) is 0 Å². The molecule has 5 heteroatoms. The first-order valence-electron chi connectivity index (χ1n) is 3.82. The second-order valence-corrected chi connectivity index (χ2v) is 3.52. The lowest BCUT2D eigenvalue weighted by Gasteiger charge is -2.02. The second-order valence-electron chi connectivity index (χ2n) is 2.39. The van der Waals surface area contributed by atoms with E-state index in [-0.39, 0.29) is 37.2 Å². The molecule has 0 fully saturated rings. The molecule has 0 bridgehead atoms. The quantitative estimate of drug-likeness (QED) is 0.666. The second kappa shape index (κ2) is 11.3. The first-order chi connectivity index (χ1) is 5.34. The molecular weight excluding hydrogens is 261 g/mol. The van der Waals surface area contributed by atoms with Gasteiger partial charge in [-0.15, -0.1) is 49.0 Å². The van der Waals surface area contributed by atoms with Crippen molar-refractivity contribution in [2.45, 2.75) is 18.2 Å². The Bertz CT molecular complexity index is 233. The molecule has 84 valence electrons. The summed E-state index contributed by atoms with van der Waals surface area (Å²) in [5, 5.41) is 0. The fourth-order valence-electron chi connectivity index (χ4n) is 0.824. The molecule has 1 nitrogen and oxygen atoms in total. The average Bonchev–Trinajstić information content (AvgIpc) is 2.03. The first kappa shape index (κ1) is 19.8. The van der Waals surface area contributed by atoms with Crippen molar-refractivity contribution in [3.8, 4) is 0 Å². The van der Waals surface area contributed by atoms with E-state index < -0.39 is 0 Å². The summed E-state index contributed by atoms with van der Waals surface area (Å²) in [6, 6.07) is 7.99. The summed E-state index contributed by atoms with van der Waals surface area (Å²) >= 11 is 1.82. The number of benzene rings is 1. The van der Waals surface area contributed by atoms with Crippen molar-refractivity contribution in [3.05, 3.63) is 24.3 Å². The molecule has 0 unspecified atom stereocenters. The number of thioether (sulfide) groups is 1. The highest BCUT2D eigenvalue weighted by Gasteiger charge is 1.95. The zero-order valence-corrected chi connectivity index (χ0v) is 11.2. The Kier molecular flexibility index (Phi) is 16.0. The van der Waals surface area contributed by atoms with E-state index in [0.29, 0.717) is 0 Å². The molecule has 14 heavy (non-hydrogen) atoms. The molecule has 0 aliphatic rings. The fraction of sp³-hybridized carbons (Fsp3) is 0.333. The van der Waals surface area contributed by atoms with Crippen LogP contribution in [0.3, 0.4) is 0 Å². The summed E-state index contributed by atoms with van der Waals surface area (Å²) in [4.78, 5) is 1.20. The van der Waals surface area contributed by atoms with Crippen LogP contribution in [0.15, 0.2) is 29.2 Å². The van der Waals surface area contributed by atoms with Crippen LogP contribution in [0.4, 0.5) is 5.69 Å². The van der Waals surface area contributed by atoms with Gasteiger partial charge in [-0.3, -0.25) is 0 Å². The number of hydrogen-bond acceptors (Lipinski definition) is 2. The van der Waals surface area contributed by atoms with Crippen LogP contribution < -0.4 is 5.73 Å². The highest BCUT2D eigenvalue weighted by Crippen LogP contribution is 2.24. The maximum atomic E-state index is 5.74. The molecule has 0 amide bonds. The van der Waals surface area contributed by atoms with Gasteiger partial charge in [-0.1, -0.05) is 19.1 Å². The van der Waals surface area contributed by atoms with Gasteiger partial charge in [0, 0.05) is 10.6 Å². The average molecular weight is 277 g/mol. The molecule has 0 spiro atoms. The number of hydrogen-bond donors (Lipinski definition) is 1. The first-order valence-corrected chi connectivity index (χ1v) is 4.80. The molecule has 0 aliphatic heterocycles. The van der Waals surface area contributed by atoms with E-state index in [1.54, 1.807) is 0 Å². The lowest BCUT2D eigenvalue weighted by atomic mass is 10.3. The maximum Gasteiger partial charge on any atom is 0.0452 e. The van der Waals surface area contributed by atoms with Crippen LogP contribution in [0, 0.1) is 0 Å². The molecule has 2 N–H and O–H groups in total. The largest absolute Gasteiger partial charge is 0.398 e. The minimum Gasteiger partial charge on any atom is -0.398 e. The van der Waals surface area contributed by atoms with E-state index >= 15 is 0 Å². The van der Waals surface area contributed by atoms with Crippen LogP contribution in [0.2, 0.25) is 0 Å². The lowest BCUT2D eigenvalue weighted by molar-refractivity contribution is 1.10. The van der Waals surface area contributed by atoms with Gasteiger partial charge >= 0.3 is 0 Å². The molecule has 1 rings (SSSR count). The van der Waals surface area contributed by atoms with Crippen LogP contribution in [-0.4, -0.2) is 5.75 Å². The summed E-state index contributed by atoms with van der Waals surface area (Å²) in [5.74, 6) is 1.15. The Balaban J connectivity index is -0.000000403. The minimum atomic E-state index is 0. The number of nitrogen functional groups attached to an aromatic ring is 1. The molecule has 0 radical (unpaired) electrons.